The van der Waals surface area contributed by atoms with E-state index in [0.717, 1.165) is 12.8 Å². The van der Waals surface area contributed by atoms with Crippen LogP contribution in [0.2, 0.25) is 0 Å². The van der Waals surface area contributed by atoms with Crippen molar-refractivity contribution in [2.24, 2.45) is 0 Å². The average molecular weight is 267 g/mol. The van der Waals surface area contributed by atoms with Crippen LogP contribution >= 0.6 is 0 Å². The Kier molecular flexibility index (Phi) is 2.66. The quantitative estimate of drug-likeness (QED) is 0.713. The molecule has 1 atom stereocenters. The minimum Gasteiger partial charge on any atom is -0.472 e. The van der Waals surface area contributed by atoms with Gasteiger partial charge in [0.1, 0.15) is 0 Å². The van der Waals surface area contributed by atoms with Crippen LogP contribution in [0.4, 0.5) is 0 Å². The number of ether oxygens (including phenoxy) is 1. The number of hydrogen-bond acceptors (Lipinski definition) is 1. The summed E-state index contributed by atoms with van der Waals surface area (Å²) in [6, 6.07) is 10.7. The highest BCUT2D eigenvalue weighted by Gasteiger charge is 2.38. The van der Waals surface area contributed by atoms with Crippen LogP contribution in [0.3, 0.4) is 0 Å². The molecule has 2 aliphatic rings. The lowest BCUT2D eigenvalue weighted by Gasteiger charge is -2.29. The highest BCUT2D eigenvalue weighted by molar-refractivity contribution is 5.80. The summed E-state index contributed by atoms with van der Waals surface area (Å²) >= 11 is 0. The van der Waals surface area contributed by atoms with Crippen molar-refractivity contribution >= 4 is 10.9 Å². The van der Waals surface area contributed by atoms with Gasteiger partial charge in [0.05, 0.1) is 11.3 Å². The summed E-state index contributed by atoms with van der Waals surface area (Å²) in [6.07, 6.45) is 9.53. The fourth-order valence-electron chi connectivity index (χ4n) is 3.75. The van der Waals surface area contributed by atoms with Crippen LogP contribution in [-0.4, -0.2) is 4.57 Å². The predicted molar refractivity (Wildman–Crippen MR) is 81.4 cm³/mol. The van der Waals surface area contributed by atoms with Gasteiger partial charge in [-0.2, -0.15) is 0 Å². The van der Waals surface area contributed by atoms with Crippen molar-refractivity contribution in [2.45, 2.75) is 51.2 Å². The second-order valence-corrected chi connectivity index (χ2v) is 6.29. The first-order chi connectivity index (χ1) is 9.76. The number of benzene rings is 1. The second-order valence-electron chi connectivity index (χ2n) is 6.29. The number of nitrogens with zero attached hydrogens (tertiary/aromatic N) is 1. The van der Waals surface area contributed by atoms with E-state index in [1.165, 1.54) is 42.3 Å². The Hall–Kier alpha value is -1.70. The molecular formula is C18H21NO. The number of aromatic nitrogens is 1. The second kappa shape index (κ2) is 4.41. The highest BCUT2D eigenvalue weighted by Crippen LogP contribution is 2.44. The molecule has 0 unspecified atom stereocenters. The van der Waals surface area contributed by atoms with Crippen LogP contribution in [-0.2, 0) is 10.5 Å². The smallest absolute Gasteiger partial charge is 0.187 e. The van der Waals surface area contributed by atoms with Gasteiger partial charge in [-0.1, -0.05) is 24.6 Å². The lowest BCUT2D eigenvalue weighted by molar-refractivity contribution is -0.0276. The molecule has 1 aromatic carbocycles. The molecule has 1 aliphatic heterocycles. The largest absolute Gasteiger partial charge is 0.472 e. The molecule has 104 valence electrons. The number of rotatable bonds is 1. The Bertz CT molecular complexity index is 662. The highest BCUT2D eigenvalue weighted by atomic mass is 16.5. The van der Waals surface area contributed by atoms with Gasteiger partial charge in [-0.3, -0.25) is 0 Å². The maximum absolute atomic E-state index is 6.43. The van der Waals surface area contributed by atoms with Crippen molar-refractivity contribution < 1.29 is 4.74 Å². The summed E-state index contributed by atoms with van der Waals surface area (Å²) in [7, 11) is 0. The molecule has 20 heavy (non-hydrogen) atoms. The maximum atomic E-state index is 6.43. The van der Waals surface area contributed by atoms with Crippen LogP contribution in [0.25, 0.3) is 10.9 Å². The number of hydrogen-bond donors (Lipinski definition) is 0. The number of allylic oxidation sites excluding steroid dienone is 1. The molecule has 4 rings (SSSR count). The number of fused-ring (bicyclic) bond motifs is 1. The lowest BCUT2D eigenvalue weighted by atomic mass is 10.0. The fraction of sp³-hybridized carbons (Fsp3) is 0.444. The van der Waals surface area contributed by atoms with Crippen molar-refractivity contribution in [3.05, 3.63) is 47.9 Å². The summed E-state index contributed by atoms with van der Waals surface area (Å²) in [5.41, 5.74) is 2.60. The molecule has 2 nitrogen and oxygen atoms in total. The Morgan fingerprint density at radius 2 is 1.90 bits per heavy atom. The Balaban J connectivity index is 1.73. The van der Waals surface area contributed by atoms with Crippen molar-refractivity contribution in [1.29, 1.82) is 0 Å². The maximum Gasteiger partial charge on any atom is 0.187 e. The van der Waals surface area contributed by atoms with Gasteiger partial charge in [-0.05, 0) is 49.3 Å². The van der Waals surface area contributed by atoms with E-state index in [-0.39, 0.29) is 5.72 Å². The van der Waals surface area contributed by atoms with Crippen molar-refractivity contribution in [3.8, 4) is 0 Å². The van der Waals surface area contributed by atoms with E-state index in [1.807, 2.05) is 0 Å². The zero-order chi connectivity index (χ0) is 13.6. The molecule has 0 amide bonds. The number of para-hydroxylation sites is 1. The van der Waals surface area contributed by atoms with Gasteiger partial charge in [0.2, 0.25) is 0 Å². The summed E-state index contributed by atoms with van der Waals surface area (Å²) in [6.45, 7) is 2.23. The van der Waals surface area contributed by atoms with E-state index in [0.29, 0.717) is 0 Å². The molecule has 0 radical (unpaired) electrons. The monoisotopic (exact) mass is 267 g/mol. The first kappa shape index (κ1) is 12.1. The molecular weight excluding hydrogens is 246 g/mol. The molecule has 0 fully saturated rings. The molecule has 2 heterocycles. The van der Waals surface area contributed by atoms with Crippen LogP contribution in [0, 0.1) is 0 Å². The third-order valence-corrected chi connectivity index (χ3v) is 4.77. The predicted octanol–water partition coefficient (Wildman–Crippen LogP) is 4.95. The molecule has 0 N–H and O–H groups in total. The van der Waals surface area contributed by atoms with Gasteiger partial charge < -0.3 is 9.30 Å². The van der Waals surface area contributed by atoms with Gasteiger partial charge in [0.25, 0.3) is 0 Å². The summed E-state index contributed by atoms with van der Waals surface area (Å²) in [5.74, 6) is 1.28. The van der Waals surface area contributed by atoms with Gasteiger partial charge in [-0.15, -0.1) is 0 Å². The summed E-state index contributed by atoms with van der Waals surface area (Å²) < 4.78 is 8.74. The standard InChI is InChI=1S/C18H21NO/c1-18(13-15-8-3-2-4-10-17(15)20-18)19-12-11-14-7-5-6-9-16(14)19/h5-7,9,11-12H,2-4,8,10,13H2,1H3/t18-/m1/s1. The molecule has 1 aliphatic carbocycles. The van der Waals surface area contributed by atoms with Gasteiger partial charge in [-0.25, -0.2) is 0 Å². The molecule has 2 aromatic rings. The van der Waals surface area contributed by atoms with Crippen LogP contribution < -0.4 is 0 Å². The molecule has 0 saturated heterocycles. The van der Waals surface area contributed by atoms with E-state index < -0.39 is 0 Å². The van der Waals surface area contributed by atoms with Crippen molar-refractivity contribution in [2.75, 3.05) is 0 Å². The van der Waals surface area contributed by atoms with Crippen molar-refractivity contribution in [1.82, 2.24) is 4.57 Å². The SMILES string of the molecule is C[C@]1(n2ccc3ccccc32)CC2=C(CCCCC2)O1. The first-order valence-corrected chi connectivity index (χ1v) is 7.73. The molecule has 0 spiro atoms. The van der Waals surface area contributed by atoms with E-state index in [9.17, 15) is 0 Å². The van der Waals surface area contributed by atoms with Crippen LogP contribution in [0.1, 0.15) is 45.4 Å². The normalized spacial score (nSPS) is 26.4. The first-order valence-electron chi connectivity index (χ1n) is 7.73. The molecule has 0 saturated carbocycles. The fourth-order valence-corrected chi connectivity index (χ4v) is 3.75. The molecule has 2 heteroatoms. The van der Waals surface area contributed by atoms with E-state index in [1.54, 1.807) is 5.57 Å². The van der Waals surface area contributed by atoms with Gasteiger partial charge >= 0.3 is 0 Å². The van der Waals surface area contributed by atoms with Crippen LogP contribution in [0.5, 0.6) is 0 Å². The van der Waals surface area contributed by atoms with E-state index >= 15 is 0 Å². The van der Waals surface area contributed by atoms with Gasteiger partial charge in [0, 0.05) is 19.0 Å². The average Bonchev–Trinajstić information content (AvgIpc) is 2.95. The van der Waals surface area contributed by atoms with Gasteiger partial charge in [0.15, 0.2) is 5.72 Å². The zero-order valence-electron chi connectivity index (χ0n) is 12.1. The third-order valence-electron chi connectivity index (χ3n) is 4.77. The van der Waals surface area contributed by atoms with E-state index in [4.69, 9.17) is 4.74 Å². The third kappa shape index (κ3) is 1.78. The lowest BCUT2D eigenvalue weighted by Crippen LogP contribution is -2.29. The zero-order valence-corrected chi connectivity index (χ0v) is 12.1. The van der Waals surface area contributed by atoms with Crippen molar-refractivity contribution in [3.63, 3.8) is 0 Å². The summed E-state index contributed by atoms with van der Waals surface area (Å²) in [5, 5.41) is 1.29. The Morgan fingerprint density at radius 1 is 1.05 bits per heavy atom. The molecule has 1 aromatic heterocycles. The molecule has 0 bridgehead atoms. The Labute approximate surface area is 120 Å². The van der Waals surface area contributed by atoms with E-state index in [2.05, 4.69) is 48.0 Å². The minimum atomic E-state index is -0.231. The summed E-state index contributed by atoms with van der Waals surface area (Å²) in [4.78, 5) is 0. The minimum absolute atomic E-state index is 0.231. The Morgan fingerprint density at radius 3 is 2.85 bits per heavy atom. The van der Waals surface area contributed by atoms with Crippen LogP contribution in [0.15, 0.2) is 47.9 Å². The topological polar surface area (TPSA) is 14.2 Å².